The maximum Gasteiger partial charge on any atom is 0.00414 e. The third-order valence-electron chi connectivity index (χ3n) is 4.08. The standard InChI is InChI=1S/C17H27N/c1-13-11-15(9-10-18-13)12-14-5-7-16(8-6-14)17(2,3)4/h5-8,13,15,18H,9-12H2,1-4H3. The van der Waals surface area contributed by atoms with Crippen LogP contribution in [0.15, 0.2) is 24.3 Å². The van der Waals surface area contributed by atoms with E-state index in [2.05, 4.69) is 57.3 Å². The van der Waals surface area contributed by atoms with Gasteiger partial charge in [0.1, 0.15) is 0 Å². The molecule has 2 unspecified atom stereocenters. The van der Waals surface area contributed by atoms with Gasteiger partial charge in [0.2, 0.25) is 0 Å². The van der Waals surface area contributed by atoms with Crippen LogP contribution in [-0.2, 0) is 11.8 Å². The molecule has 2 rings (SSSR count). The van der Waals surface area contributed by atoms with Crippen molar-refractivity contribution in [2.45, 2.75) is 58.4 Å². The topological polar surface area (TPSA) is 12.0 Å². The number of nitrogens with one attached hydrogen (secondary N) is 1. The molecule has 1 aliphatic rings. The van der Waals surface area contributed by atoms with Gasteiger partial charge in [0.05, 0.1) is 0 Å². The molecule has 0 radical (unpaired) electrons. The lowest BCUT2D eigenvalue weighted by molar-refractivity contribution is 0.314. The Morgan fingerprint density at radius 2 is 1.83 bits per heavy atom. The fourth-order valence-corrected chi connectivity index (χ4v) is 2.89. The van der Waals surface area contributed by atoms with Crippen LogP contribution < -0.4 is 5.32 Å². The summed E-state index contributed by atoms with van der Waals surface area (Å²) in [4.78, 5) is 0. The third kappa shape index (κ3) is 3.58. The van der Waals surface area contributed by atoms with Gasteiger partial charge in [0.15, 0.2) is 0 Å². The SMILES string of the molecule is CC1CC(Cc2ccc(C(C)(C)C)cc2)CCN1. The van der Waals surface area contributed by atoms with E-state index >= 15 is 0 Å². The Bertz CT molecular complexity index is 372. The number of hydrogen-bond acceptors (Lipinski definition) is 1. The molecule has 1 heterocycles. The highest BCUT2D eigenvalue weighted by atomic mass is 14.9. The molecule has 0 bridgehead atoms. The van der Waals surface area contributed by atoms with Gasteiger partial charge in [-0.3, -0.25) is 0 Å². The van der Waals surface area contributed by atoms with Crippen molar-refractivity contribution in [3.8, 4) is 0 Å². The normalized spacial score (nSPS) is 25.1. The molecule has 1 aromatic rings. The fraction of sp³-hybridized carbons (Fsp3) is 0.647. The number of rotatable bonds is 2. The minimum absolute atomic E-state index is 0.266. The van der Waals surface area contributed by atoms with Gasteiger partial charge in [0.25, 0.3) is 0 Å². The molecule has 1 aromatic carbocycles. The van der Waals surface area contributed by atoms with Gasteiger partial charge in [0, 0.05) is 6.04 Å². The van der Waals surface area contributed by atoms with E-state index in [1.165, 1.54) is 36.9 Å². The molecule has 0 aliphatic carbocycles. The first kappa shape index (κ1) is 13.6. The Labute approximate surface area is 112 Å². The minimum atomic E-state index is 0.266. The molecule has 1 saturated heterocycles. The molecule has 1 nitrogen and oxygen atoms in total. The average molecular weight is 245 g/mol. The van der Waals surface area contributed by atoms with E-state index in [9.17, 15) is 0 Å². The van der Waals surface area contributed by atoms with Crippen molar-refractivity contribution in [3.63, 3.8) is 0 Å². The van der Waals surface area contributed by atoms with Crippen LogP contribution >= 0.6 is 0 Å². The maximum atomic E-state index is 3.53. The first-order valence-corrected chi connectivity index (χ1v) is 7.28. The lowest BCUT2D eigenvalue weighted by Crippen LogP contribution is -2.36. The van der Waals surface area contributed by atoms with Crippen LogP contribution in [0, 0.1) is 5.92 Å². The zero-order chi connectivity index (χ0) is 13.2. The quantitative estimate of drug-likeness (QED) is 0.833. The van der Waals surface area contributed by atoms with Gasteiger partial charge >= 0.3 is 0 Å². The van der Waals surface area contributed by atoms with Gasteiger partial charge in [-0.2, -0.15) is 0 Å². The van der Waals surface area contributed by atoms with Gasteiger partial charge < -0.3 is 5.32 Å². The smallest absolute Gasteiger partial charge is 0.00414 e. The average Bonchev–Trinajstić information content (AvgIpc) is 2.28. The third-order valence-corrected chi connectivity index (χ3v) is 4.08. The maximum absolute atomic E-state index is 3.53. The lowest BCUT2D eigenvalue weighted by atomic mass is 9.84. The molecule has 1 N–H and O–H groups in total. The highest BCUT2D eigenvalue weighted by Gasteiger charge is 2.19. The van der Waals surface area contributed by atoms with Crippen molar-refractivity contribution in [3.05, 3.63) is 35.4 Å². The summed E-state index contributed by atoms with van der Waals surface area (Å²) in [6, 6.07) is 9.96. The number of piperidine rings is 1. The number of benzene rings is 1. The summed E-state index contributed by atoms with van der Waals surface area (Å²) in [5.74, 6) is 0.863. The van der Waals surface area contributed by atoms with Crippen LogP contribution in [0.25, 0.3) is 0 Å². The first-order chi connectivity index (χ1) is 8.45. The Morgan fingerprint density at radius 1 is 1.17 bits per heavy atom. The summed E-state index contributed by atoms with van der Waals surface area (Å²) in [7, 11) is 0. The lowest BCUT2D eigenvalue weighted by Gasteiger charge is -2.28. The Kier molecular flexibility index (Phi) is 4.11. The summed E-state index contributed by atoms with van der Waals surface area (Å²) in [5, 5.41) is 3.53. The monoisotopic (exact) mass is 245 g/mol. The summed E-state index contributed by atoms with van der Waals surface area (Å²) >= 11 is 0. The first-order valence-electron chi connectivity index (χ1n) is 7.28. The molecule has 100 valence electrons. The van der Waals surface area contributed by atoms with Crippen LogP contribution in [0.1, 0.15) is 51.7 Å². The van der Waals surface area contributed by atoms with Crippen LogP contribution in [0.2, 0.25) is 0 Å². The second-order valence-electron chi connectivity index (χ2n) is 6.90. The predicted octanol–water partition coefficient (Wildman–Crippen LogP) is 3.91. The molecule has 1 aliphatic heterocycles. The Morgan fingerprint density at radius 3 is 2.39 bits per heavy atom. The van der Waals surface area contributed by atoms with E-state index < -0.39 is 0 Å². The van der Waals surface area contributed by atoms with Gasteiger partial charge in [-0.05, 0) is 55.2 Å². The highest BCUT2D eigenvalue weighted by molar-refractivity contribution is 5.27. The van der Waals surface area contributed by atoms with Crippen molar-refractivity contribution in [2.75, 3.05) is 6.54 Å². The molecule has 0 aromatic heterocycles. The molecule has 18 heavy (non-hydrogen) atoms. The second kappa shape index (κ2) is 5.44. The van der Waals surface area contributed by atoms with Crippen molar-refractivity contribution < 1.29 is 0 Å². The summed E-state index contributed by atoms with van der Waals surface area (Å²) < 4.78 is 0. The predicted molar refractivity (Wildman–Crippen MR) is 79.0 cm³/mol. The summed E-state index contributed by atoms with van der Waals surface area (Å²) in [5.41, 5.74) is 3.20. The summed E-state index contributed by atoms with van der Waals surface area (Å²) in [6.45, 7) is 10.3. The van der Waals surface area contributed by atoms with Crippen molar-refractivity contribution in [1.29, 1.82) is 0 Å². The summed E-state index contributed by atoms with van der Waals surface area (Å²) in [6.07, 6.45) is 3.89. The fourth-order valence-electron chi connectivity index (χ4n) is 2.89. The zero-order valence-electron chi connectivity index (χ0n) is 12.3. The van der Waals surface area contributed by atoms with Gasteiger partial charge in [-0.15, -0.1) is 0 Å². The van der Waals surface area contributed by atoms with Crippen LogP contribution in [0.3, 0.4) is 0 Å². The molecule has 2 atom stereocenters. The molecular weight excluding hydrogens is 218 g/mol. The van der Waals surface area contributed by atoms with Gasteiger partial charge in [-0.25, -0.2) is 0 Å². The van der Waals surface area contributed by atoms with E-state index in [1.807, 2.05) is 0 Å². The van der Waals surface area contributed by atoms with Crippen LogP contribution in [0.4, 0.5) is 0 Å². The molecule has 1 fully saturated rings. The molecule has 0 saturated carbocycles. The molecular formula is C17H27N. The second-order valence-corrected chi connectivity index (χ2v) is 6.90. The highest BCUT2D eigenvalue weighted by Crippen LogP contribution is 2.25. The van der Waals surface area contributed by atoms with E-state index in [4.69, 9.17) is 0 Å². The zero-order valence-corrected chi connectivity index (χ0v) is 12.3. The van der Waals surface area contributed by atoms with Crippen molar-refractivity contribution in [1.82, 2.24) is 5.32 Å². The van der Waals surface area contributed by atoms with Crippen LogP contribution in [0.5, 0.6) is 0 Å². The largest absolute Gasteiger partial charge is 0.314 e. The minimum Gasteiger partial charge on any atom is -0.314 e. The van der Waals surface area contributed by atoms with E-state index in [-0.39, 0.29) is 5.41 Å². The van der Waals surface area contributed by atoms with E-state index in [0.29, 0.717) is 6.04 Å². The van der Waals surface area contributed by atoms with Gasteiger partial charge in [-0.1, -0.05) is 45.0 Å². The van der Waals surface area contributed by atoms with Crippen LogP contribution in [-0.4, -0.2) is 12.6 Å². The molecule has 0 amide bonds. The van der Waals surface area contributed by atoms with E-state index in [0.717, 1.165) is 5.92 Å². The Hall–Kier alpha value is -0.820. The number of hydrogen-bond donors (Lipinski definition) is 1. The molecule has 1 heteroatoms. The van der Waals surface area contributed by atoms with Crippen molar-refractivity contribution in [2.24, 2.45) is 5.92 Å². The van der Waals surface area contributed by atoms with Crippen molar-refractivity contribution >= 4 is 0 Å². The molecule has 0 spiro atoms. The Balaban J connectivity index is 1.98. The van der Waals surface area contributed by atoms with E-state index in [1.54, 1.807) is 0 Å².